The number of primary amides is 1. The summed E-state index contributed by atoms with van der Waals surface area (Å²) in [6.45, 7) is 2.98. The number of nitrogens with zero attached hydrogens (tertiary/aromatic N) is 2. The van der Waals surface area contributed by atoms with Crippen LogP contribution in [0.5, 0.6) is 0 Å². The molecule has 0 saturated carbocycles. The molecule has 0 aliphatic carbocycles. The van der Waals surface area contributed by atoms with Gasteiger partial charge in [-0.1, -0.05) is 30.0 Å². The lowest BCUT2D eigenvalue weighted by molar-refractivity contribution is -0.114. The maximum Gasteiger partial charge on any atom is 0.259 e. The van der Waals surface area contributed by atoms with E-state index >= 15 is 0 Å². The summed E-state index contributed by atoms with van der Waals surface area (Å²) in [7, 11) is 0. The fourth-order valence-corrected chi connectivity index (χ4v) is 3.75. The molecule has 0 saturated heterocycles. The highest BCUT2D eigenvalue weighted by Gasteiger charge is 2.22. The molecule has 0 bridgehead atoms. The molecule has 0 fully saturated rings. The summed E-state index contributed by atoms with van der Waals surface area (Å²) >= 11 is 1.69. The Balaban J connectivity index is 2.06. The smallest absolute Gasteiger partial charge is 0.259 e. The third kappa shape index (κ3) is 2.81. The highest BCUT2D eigenvalue weighted by Crippen LogP contribution is 2.48. The number of carbonyl (C=O) groups is 1. The molecule has 0 aromatic heterocycles. The molecule has 1 aliphatic rings. The Kier molecular flexibility index (Phi) is 4.09. The number of benzene rings is 2. The van der Waals surface area contributed by atoms with Crippen LogP contribution in [0.15, 0.2) is 57.8 Å². The van der Waals surface area contributed by atoms with Crippen molar-refractivity contribution in [1.82, 2.24) is 0 Å². The predicted molar refractivity (Wildman–Crippen MR) is 92.5 cm³/mol. The third-order valence-corrected chi connectivity index (χ3v) is 4.78. The van der Waals surface area contributed by atoms with E-state index in [-0.39, 0.29) is 5.57 Å². The van der Waals surface area contributed by atoms with Crippen molar-refractivity contribution in [2.24, 2.45) is 5.73 Å². The number of hydrogen-bond donors (Lipinski definition) is 1. The van der Waals surface area contributed by atoms with Gasteiger partial charge in [-0.05, 0) is 42.8 Å². The van der Waals surface area contributed by atoms with Gasteiger partial charge in [0.2, 0.25) is 0 Å². The second-order valence-electron chi connectivity index (χ2n) is 5.08. The summed E-state index contributed by atoms with van der Waals surface area (Å²) in [5, 5.41) is 8.97. The Labute approximate surface area is 139 Å². The van der Waals surface area contributed by atoms with Crippen molar-refractivity contribution in [3.05, 3.63) is 53.6 Å². The third-order valence-electron chi connectivity index (χ3n) is 3.66. The van der Waals surface area contributed by atoms with Crippen molar-refractivity contribution < 1.29 is 4.79 Å². The van der Waals surface area contributed by atoms with E-state index in [1.165, 1.54) is 16.7 Å². The van der Waals surface area contributed by atoms with Gasteiger partial charge in [0.15, 0.2) is 0 Å². The summed E-state index contributed by atoms with van der Waals surface area (Å²) in [6, 6.07) is 16.0. The topological polar surface area (TPSA) is 70.1 Å². The second-order valence-corrected chi connectivity index (χ2v) is 6.16. The molecule has 1 amide bonds. The van der Waals surface area contributed by atoms with E-state index in [9.17, 15) is 4.79 Å². The Morgan fingerprint density at radius 2 is 2.00 bits per heavy atom. The Hall–Kier alpha value is -2.71. The van der Waals surface area contributed by atoms with Crippen molar-refractivity contribution in [2.75, 3.05) is 11.4 Å². The van der Waals surface area contributed by atoms with E-state index in [0.717, 1.165) is 22.7 Å². The van der Waals surface area contributed by atoms with E-state index in [2.05, 4.69) is 24.0 Å². The highest BCUT2D eigenvalue weighted by atomic mass is 32.2. The zero-order valence-electron chi connectivity index (χ0n) is 12.6. The molecule has 23 heavy (non-hydrogen) atoms. The molecule has 4 nitrogen and oxygen atoms in total. The molecule has 0 radical (unpaired) electrons. The standard InChI is InChI=1S/C18H15N3OS/c1-2-21-14-5-3-4-6-16(14)23-17-10-12(7-8-15(17)21)9-13(11-19)18(20)22/h3-10H,2H2,1H3,(H2,20,22)/b13-9+. The Morgan fingerprint density at radius 3 is 2.70 bits per heavy atom. The van der Waals surface area contributed by atoms with Crippen LogP contribution < -0.4 is 10.6 Å². The minimum absolute atomic E-state index is 0.0430. The van der Waals surface area contributed by atoms with Gasteiger partial charge < -0.3 is 10.6 Å². The van der Waals surface area contributed by atoms with Crippen molar-refractivity contribution in [1.29, 1.82) is 5.26 Å². The average molecular weight is 321 g/mol. The van der Waals surface area contributed by atoms with Gasteiger partial charge in [-0.15, -0.1) is 0 Å². The maximum atomic E-state index is 11.2. The molecule has 2 aromatic carbocycles. The monoisotopic (exact) mass is 321 g/mol. The molecule has 5 heteroatoms. The summed E-state index contributed by atoms with van der Waals surface area (Å²) in [4.78, 5) is 15.8. The van der Waals surface area contributed by atoms with E-state index in [4.69, 9.17) is 11.0 Å². The summed E-state index contributed by atoms with van der Waals surface area (Å²) < 4.78 is 0. The van der Waals surface area contributed by atoms with E-state index in [1.807, 2.05) is 36.4 Å². The predicted octanol–water partition coefficient (Wildman–Crippen LogP) is 3.70. The van der Waals surface area contributed by atoms with Crippen molar-refractivity contribution in [3.8, 4) is 6.07 Å². The fourth-order valence-electron chi connectivity index (χ4n) is 2.61. The molecule has 114 valence electrons. The van der Waals surface area contributed by atoms with Crippen LogP contribution in [0.3, 0.4) is 0 Å². The second kappa shape index (κ2) is 6.19. The van der Waals surface area contributed by atoms with Crippen LogP contribution in [0.25, 0.3) is 6.08 Å². The minimum atomic E-state index is -0.710. The zero-order chi connectivity index (χ0) is 16.4. The van der Waals surface area contributed by atoms with Crippen LogP contribution in [0.2, 0.25) is 0 Å². The molecule has 1 aliphatic heterocycles. The lowest BCUT2D eigenvalue weighted by Crippen LogP contribution is -2.19. The number of nitrogens with two attached hydrogens (primary N) is 1. The largest absolute Gasteiger partial charge is 0.365 e. The van der Waals surface area contributed by atoms with E-state index < -0.39 is 5.91 Å². The first-order chi connectivity index (χ1) is 11.1. The molecule has 0 unspecified atom stereocenters. The van der Waals surface area contributed by atoms with Crippen LogP contribution in [0.4, 0.5) is 11.4 Å². The molecule has 0 atom stereocenters. The van der Waals surface area contributed by atoms with Gasteiger partial charge in [0.05, 0.1) is 11.4 Å². The molecular weight excluding hydrogens is 306 g/mol. The highest BCUT2D eigenvalue weighted by molar-refractivity contribution is 7.99. The number of carbonyl (C=O) groups excluding carboxylic acids is 1. The van der Waals surface area contributed by atoms with Crippen LogP contribution >= 0.6 is 11.8 Å². The summed E-state index contributed by atoms with van der Waals surface area (Å²) in [6.07, 6.45) is 1.53. The molecule has 0 spiro atoms. The Bertz CT molecular complexity index is 852. The molecular formula is C18H15N3OS. The number of anilines is 2. The molecule has 3 rings (SSSR count). The van der Waals surface area contributed by atoms with Crippen molar-refractivity contribution >= 4 is 35.1 Å². The van der Waals surface area contributed by atoms with Crippen molar-refractivity contribution in [2.45, 2.75) is 16.7 Å². The van der Waals surface area contributed by atoms with Gasteiger partial charge in [0.1, 0.15) is 11.6 Å². The van der Waals surface area contributed by atoms with Crippen molar-refractivity contribution in [3.63, 3.8) is 0 Å². The average Bonchev–Trinajstić information content (AvgIpc) is 2.57. The first-order valence-corrected chi connectivity index (χ1v) is 8.05. The minimum Gasteiger partial charge on any atom is -0.365 e. The number of hydrogen-bond acceptors (Lipinski definition) is 4. The van der Waals surface area contributed by atoms with Gasteiger partial charge in [-0.3, -0.25) is 4.79 Å². The van der Waals surface area contributed by atoms with Crippen LogP contribution in [0, 0.1) is 11.3 Å². The van der Waals surface area contributed by atoms with Gasteiger partial charge in [-0.25, -0.2) is 0 Å². The van der Waals surface area contributed by atoms with Gasteiger partial charge in [-0.2, -0.15) is 5.26 Å². The van der Waals surface area contributed by atoms with Crippen LogP contribution in [0.1, 0.15) is 12.5 Å². The first kappa shape index (κ1) is 15.2. The number of fused-ring (bicyclic) bond motifs is 2. The first-order valence-electron chi connectivity index (χ1n) is 7.24. The summed E-state index contributed by atoms with van der Waals surface area (Å²) in [5.74, 6) is -0.710. The summed E-state index contributed by atoms with van der Waals surface area (Å²) in [5.41, 5.74) is 8.28. The van der Waals surface area contributed by atoms with Crippen LogP contribution in [-0.4, -0.2) is 12.5 Å². The molecule has 2 aromatic rings. The van der Waals surface area contributed by atoms with Gasteiger partial charge in [0.25, 0.3) is 5.91 Å². The molecule has 1 heterocycles. The van der Waals surface area contributed by atoms with E-state index in [1.54, 1.807) is 11.8 Å². The number of para-hydroxylation sites is 1. The SMILES string of the molecule is CCN1c2ccccc2Sc2cc(/C=C(\C#N)C(N)=O)ccc21. The van der Waals surface area contributed by atoms with E-state index in [0.29, 0.717) is 0 Å². The normalized spacial score (nSPS) is 13.0. The number of nitriles is 1. The number of amides is 1. The lowest BCUT2D eigenvalue weighted by Gasteiger charge is -2.32. The fraction of sp³-hybridized carbons (Fsp3) is 0.111. The quantitative estimate of drug-likeness (QED) is 0.691. The Morgan fingerprint density at radius 1 is 1.26 bits per heavy atom. The zero-order valence-corrected chi connectivity index (χ0v) is 13.4. The van der Waals surface area contributed by atoms with Crippen LogP contribution in [-0.2, 0) is 4.79 Å². The van der Waals surface area contributed by atoms with Gasteiger partial charge in [0, 0.05) is 16.3 Å². The lowest BCUT2D eigenvalue weighted by atomic mass is 10.1. The molecule has 2 N–H and O–H groups in total. The number of rotatable bonds is 3. The maximum absolute atomic E-state index is 11.2. The van der Waals surface area contributed by atoms with Gasteiger partial charge >= 0.3 is 0 Å².